The molecule has 0 unspecified atom stereocenters. The van der Waals surface area contributed by atoms with Crippen molar-refractivity contribution in [3.05, 3.63) is 60.2 Å². The van der Waals surface area contributed by atoms with Crippen molar-refractivity contribution in [3.8, 4) is 17.1 Å². The first kappa shape index (κ1) is 16.8. The van der Waals surface area contributed by atoms with Gasteiger partial charge >= 0.3 is 0 Å². The number of benzene rings is 1. The number of hydrogen-bond acceptors (Lipinski definition) is 5. The van der Waals surface area contributed by atoms with Crippen LogP contribution in [0.15, 0.2) is 57.7 Å². The standard InChI is InChI=1S/C19H20N2O4/c1-3-10-21(19(22)17-9-6-11-24-17)13-14-12-18(25-20-14)15-7-4-5-8-16(15)23-2/h4-9,11-12H,3,10,13H2,1-2H3. The molecule has 0 spiro atoms. The highest BCUT2D eigenvalue weighted by molar-refractivity contribution is 5.91. The molecule has 6 nitrogen and oxygen atoms in total. The lowest BCUT2D eigenvalue weighted by molar-refractivity contribution is 0.0707. The Balaban J connectivity index is 1.80. The van der Waals surface area contributed by atoms with E-state index in [1.54, 1.807) is 24.1 Å². The van der Waals surface area contributed by atoms with Crippen LogP contribution in [0.2, 0.25) is 0 Å². The maximum Gasteiger partial charge on any atom is 0.289 e. The molecule has 1 aromatic carbocycles. The highest BCUT2D eigenvalue weighted by Crippen LogP contribution is 2.30. The molecule has 2 aromatic heterocycles. The molecule has 0 radical (unpaired) electrons. The second kappa shape index (κ2) is 7.70. The van der Waals surface area contributed by atoms with E-state index in [0.717, 1.165) is 12.0 Å². The Bertz CT molecular complexity index is 824. The van der Waals surface area contributed by atoms with E-state index in [0.29, 0.717) is 36.1 Å². The van der Waals surface area contributed by atoms with Crippen molar-refractivity contribution in [2.45, 2.75) is 19.9 Å². The highest BCUT2D eigenvalue weighted by Gasteiger charge is 2.20. The molecule has 0 aliphatic carbocycles. The minimum Gasteiger partial charge on any atom is -0.496 e. The van der Waals surface area contributed by atoms with E-state index in [1.165, 1.54) is 6.26 Å². The zero-order valence-electron chi connectivity index (χ0n) is 14.3. The molecule has 3 rings (SSSR count). The molecule has 1 amide bonds. The summed E-state index contributed by atoms with van der Waals surface area (Å²) in [5, 5.41) is 4.10. The minimum atomic E-state index is -0.159. The summed E-state index contributed by atoms with van der Waals surface area (Å²) in [5.41, 5.74) is 1.50. The second-order valence-electron chi connectivity index (χ2n) is 5.59. The molecule has 0 aliphatic rings. The number of furan rings is 1. The smallest absolute Gasteiger partial charge is 0.289 e. The predicted octanol–water partition coefficient (Wildman–Crippen LogP) is 4.00. The molecule has 0 aliphatic heterocycles. The SMILES string of the molecule is CCCN(Cc1cc(-c2ccccc2OC)on1)C(=O)c1ccco1. The van der Waals surface area contributed by atoms with E-state index in [-0.39, 0.29) is 5.91 Å². The summed E-state index contributed by atoms with van der Waals surface area (Å²) in [4.78, 5) is 14.2. The van der Waals surface area contributed by atoms with E-state index < -0.39 is 0 Å². The lowest BCUT2D eigenvalue weighted by Crippen LogP contribution is -2.31. The zero-order valence-corrected chi connectivity index (χ0v) is 14.3. The summed E-state index contributed by atoms with van der Waals surface area (Å²) in [6, 6.07) is 12.8. The molecule has 130 valence electrons. The van der Waals surface area contributed by atoms with Crippen LogP contribution in [0.5, 0.6) is 5.75 Å². The van der Waals surface area contributed by atoms with Gasteiger partial charge in [0.05, 0.1) is 25.5 Å². The van der Waals surface area contributed by atoms with Gasteiger partial charge in [-0.3, -0.25) is 4.79 Å². The number of aromatic nitrogens is 1. The summed E-state index contributed by atoms with van der Waals surface area (Å²) in [5.74, 6) is 1.48. The summed E-state index contributed by atoms with van der Waals surface area (Å²) < 4.78 is 16.0. The third-order valence-electron chi connectivity index (χ3n) is 3.80. The molecule has 0 fully saturated rings. The van der Waals surface area contributed by atoms with Gasteiger partial charge in [-0.1, -0.05) is 24.2 Å². The van der Waals surface area contributed by atoms with E-state index in [2.05, 4.69) is 5.16 Å². The lowest BCUT2D eigenvalue weighted by Gasteiger charge is -2.19. The molecule has 3 aromatic rings. The normalized spacial score (nSPS) is 10.6. The summed E-state index contributed by atoms with van der Waals surface area (Å²) in [6.07, 6.45) is 2.33. The number of ether oxygens (including phenoxy) is 1. The van der Waals surface area contributed by atoms with E-state index in [1.807, 2.05) is 37.3 Å². The molecule has 6 heteroatoms. The third-order valence-corrected chi connectivity index (χ3v) is 3.80. The van der Waals surface area contributed by atoms with E-state index >= 15 is 0 Å². The van der Waals surface area contributed by atoms with Crippen molar-refractivity contribution in [2.24, 2.45) is 0 Å². The molecule has 25 heavy (non-hydrogen) atoms. The average Bonchev–Trinajstić information content (AvgIpc) is 3.33. The number of carbonyl (C=O) groups excluding carboxylic acids is 1. The van der Waals surface area contributed by atoms with Gasteiger partial charge in [0.25, 0.3) is 5.91 Å². The lowest BCUT2D eigenvalue weighted by atomic mass is 10.1. The van der Waals surface area contributed by atoms with Gasteiger partial charge in [0.15, 0.2) is 11.5 Å². The number of hydrogen-bond donors (Lipinski definition) is 0. The van der Waals surface area contributed by atoms with Gasteiger partial charge in [0, 0.05) is 12.6 Å². The molecular formula is C19H20N2O4. The second-order valence-corrected chi connectivity index (χ2v) is 5.59. The van der Waals surface area contributed by atoms with Crippen LogP contribution in [-0.2, 0) is 6.54 Å². The molecular weight excluding hydrogens is 320 g/mol. The van der Waals surface area contributed by atoms with E-state index in [9.17, 15) is 4.79 Å². The number of methoxy groups -OCH3 is 1. The number of nitrogens with zero attached hydrogens (tertiary/aromatic N) is 2. The number of amides is 1. The molecule has 0 atom stereocenters. The van der Waals surface area contributed by atoms with Crippen molar-refractivity contribution in [1.82, 2.24) is 10.1 Å². The molecule has 0 saturated carbocycles. The van der Waals surface area contributed by atoms with Gasteiger partial charge in [0.1, 0.15) is 11.4 Å². The van der Waals surface area contributed by atoms with Crippen LogP contribution in [0, 0.1) is 0 Å². The fraction of sp³-hybridized carbons (Fsp3) is 0.263. The monoisotopic (exact) mass is 340 g/mol. The zero-order chi connectivity index (χ0) is 17.6. The summed E-state index contributed by atoms with van der Waals surface area (Å²) in [6.45, 7) is 2.98. The van der Waals surface area contributed by atoms with Crippen LogP contribution < -0.4 is 4.74 Å². The maximum absolute atomic E-state index is 12.5. The van der Waals surface area contributed by atoms with Gasteiger partial charge in [-0.15, -0.1) is 0 Å². The Labute approximate surface area is 146 Å². The molecule has 0 N–H and O–H groups in total. The van der Waals surface area contributed by atoms with Crippen LogP contribution in [-0.4, -0.2) is 29.6 Å². The quantitative estimate of drug-likeness (QED) is 0.650. The molecule has 0 saturated heterocycles. The Morgan fingerprint density at radius 3 is 2.80 bits per heavy atom. The van der Waals surface area contributed by atoms with Gasteiger partial charge in [0.2, 0.25) is 0 Å². The highest BCUT2D eigenvalue weighted by atomic mass is 16.5. The Hall–Kier alpha value is -3.02. The topological polar surface area (TPSA) is 68.7 Å². The van der Waals surface area contributed by atoms with Crippen molar-refractivity contribution >= 4 is 5.91 Å². The van der Waals surface area contributed by atoms with Gasteiger partial charge < -0.3 is 18.6 Å². The first-order valence-corrected chi connectivity index (χ1v) is 8.14. The minimum absolute atomic E-state index is 0.159. The molecule has 2 heterocycles. The predicted molar refractivity (Wildman–Crippen MR) is 92.2 cm³/mol. The molecule has 0 bridgehead atoms. The maximum atomic E-state index is 12.5. The van der Waals surface area contributed by atoms with E-state index in [4.69, 9.17) is 13.7 Å². The Kier molecular flexibility index (Phi) is 5.18. The van der Waals surface area contributed by atoms with Crippen molar-refractivity contribution in [2.75, 3.05) is 13.7 Å². The largest absolute Gasteiger partial charge is 0.496 e. The average molecular weight is 340 g/mol. The number of rotatable bonds is 7. The fourth-order valence-corrected chi connectivity index (χ4v) is 2.64. The van der Waals surface area contributed by atoms with Crippen LogP contribution in [0.3, 0.4) is 0 Å². The summed E-state index contributed by atoms with van der Waals surface area (Å²) in [7, 11) is 1.61. The first-order valence-electron chi connectivity index (χ1n) is 8.14. The van der Waals surface area contributed by atoms with Crippen LogP contribution >= 0.6 is 0 Å². The van der Waals surface area contributed by atoms with Crippen molar-refractivity contribution < 1.29 is 18.5 Å². The van der Waals surface area contributed by atoms with Crippen LogP contribution in [0.25, 0.3) is 11.3 Å². The van der Waals surface area contributed by atoms with Gasteiger partial charge in [-0.25, -0.2) is 0 Å². The van der Waals surface area contributed by atoms with Gasteiger partial charge in [-0.05, 0) is 30.7 Å². The van der Waals surface area contributed by atoms with Gasteiger partial charge in [-0.2, -0.15) is 0 Å². The Morgan fingerprint density at radius 1 is 1.24 bits per heavy atom. The Morgan fingerprint density at radius 2 is 2.08 bits per heavy atom. The number of para-hydroxylation sites is 1. The number of carbonyl (C=O) groups is 1. The van der Waals surface area contributed by atoms with Crippen LogP contribution in [0.1, 0.15) is 29.6 Å². The third kappa shape index (κ3) is 3.74. The first-order chi connectivity index (χ1) is 12.2. The summed E-state index contributed by atoms with van der Waals surface area (Å²) >= 11 is 0. The van der Waals surface area contributed by atoms with Crippen molar-refractivity contribution in [3.63, 3.8) is 0 Å². The van der Waals surface area contributed by atoms with Crippen molar-refractivity contribution in [1.29, 1.82) is 0 Å². The fourth-order valence-electron chi connectivity index (χ4n) is 2.64. The van der Waals surface area contributed by atoms with Crippen LogP contribution in [0.4, 0.5) is 0 Å².